The highest BCUT2D eigenvalue weighted by Crippen LogP contribution is 2.33. The number of thiazole rings is 1. The van der Waals surface area contributed by atoms with E-state index in [2.05, 4.69) is 11.9 Å². The molecule has 1 atom stereocenters. The summed E-state index contributed by atoms with van der Waals surface area (Å²) >= 11 is 8.86. The minimum Gasteiger partial charge on any atom is -0.465 e. The molecular weight excluding hydrogens is 504 g/mol. The van der Waals surface area contributed by atoms with Crippen molar-refractivity contribution in [1.29, 1.82) is 0 Å². The Morgan fingerprint density at radius 2 is 1.94 bits per heavy atom. The third-order valence-corrected chi connectivity index (χ3v) is 9.23. The molecule has 0 unspecified atom stereocenters. The van der Waals surface area contributed by atoms with E-state index in [1.54, 1.807) is 38.6 Å². The van der Waals surface area contributed by atoms with E-state index in [1.807, 2.05) is 0 Å². The number of halogens is 1. The smallest absolute Gasteiger partial charge is 0.321 e. The summed E-state index contributed by atoms with van der Waals surface area (Å²) in [7, 11) is -4.21. The number of benzene rings is 1. The van der Waals surface area contributed by atoms with Gasteiger partial charge in [0.25, 0.3) is 0 Å². The molecule has 33 heavy (non-hydrogen) atoms. The highest BCUT2D eigenvalue weighted by Gasteiger charge is 2.39. The van der Waals surface area contributed by atoms with Gasteiger partial charge in [0.2, 0.25) is 15.3 Å². The Balaban J connectivity index is 2.35. The van der Waals surface area contributed by atoms with E-state index in [9.17, 15) is 18.0 Å². The van der Waals surface area contributed by atoms with Crippen LogP contribution in [0.15, 0.2) is 27.4 Å². The zero-order valence-electron chi connectivity index (χ0n) is 19.4. The molecule has 7 nitrogen and oxygen atoms in total. The second kappa shape index (κ2) is 13.0. The van der Waals surface area contributed by atoms with Gasteiger partial charge in [0.1, 0.15) is 12.6 Å². The first-order chi connectivity index (χ1) is 15.6. The lowest BCUT2D eigenvalue weighted by Crippen LogP contribution is -2.49. The molecule has 2 rings (SSSR count). The highest BCUT2D eigenvalue weighted by atomic mass is 35.5. The number of carbonyl (C=O) groups is 2. The summed E-state index contributed by atoms with van der Waals surface area (Å²) in [5.41, 5.74) is 0.709. The SMILES string of the molecule is CCCCCCSc1nc2ccc(S(=O)(=O)N(CC(=O)OCC)[C@@H](C(=O)Cl)C(C)C)cc2s1. The summed E-state index contributed by atoms with van der Waals surface area (Å²) < 4.78 is 34.5. The largest absolute Gasteiger partial charge is 0.465 e. The van der Waals surface area contributed by atoms with Crippen LogP contribution < -0.4 is 0 Å². The minimum absolute atomic E-state index is 0.0222. The van der Waals surface area contributed by atoms with Crippen LogP contribution in [0.2, 0.25) is 0 Å². The van der Waals surface area contributed by atoms with Gasteiger partial charge in [-0.3, -0.25) is 9.59 Å². The topological polar surface area (TPSA) is 93.6 Å². The molecule has 0 spiro atoms. The number of unbranched alkanes of at least 4 members (excludes halogenated alkanes) is 3. The first-order valence-corrected chi connectivity index (χ1v) is 14.6. The molecule has 1 heterocycles. The van der Waals surface area contributed by atoms with Gasteiger partial charge in [0.05, 0.1) is 21.7 Å². The standard InChI is InChI=1S/C22H31ClN2O5S3/c1-5-7-8-9-12-31-22-24-17-11-10-16(13-18(17)32-22)33(28,29)25(14-19(26)30-6-2)20(15(3)4)21(23)27/h10-11,13,15,20H,5-9,12,14H2,1-4H3/t20-/m1/s1. The van der Waals surface area contributed by atoms with E-state index in [0.29, 0.717) is 5.52 Å². The fourth-order valence-corrected chi connectivity index (χ4v) is 7.67. The molecule has 2 aromatic rings. The maximum absolute atomic E-state index is 13.5. The van der Waals surface area contributed by atoms with Gasteiger partial charge < -0.3 is 4.74 Å². The van der Waals surface area contributed by atoms with Gasteiger partial charge in [0.15, 0.2) is 4.34 Å². The van der Waals surface area contributed by atoms with Gasteiger partial charge in [-0.05, 0) is 49.1 Å². The molecule has 0 bridgehead atoms. The Labute approximate surface area is 209 Å². The average molecular weight is 535 g/mol. The number of esters is 1. The maximum Gasteiger partial charge on any atom is 0.321 e. The van der Waals surface area contributed by atoms with Crippen molar-refractivity contribution < 1.29 is 22.7 Å². The second-order valence-electron chi connectivity index (χ2n) is 7.87. The van der Waals surface area contributed by atoms with E-state index in [1.165, 1.54) is 42.7 Å². The zero-order valence-corrected chi connectivity index (χ0v) is 22.6. The monoisotopic (exact) mass is 534 g/mol. The van der Waals surface area contributed by atoms with E-state index in [0.717, 1.165) is 25.5 Å². The van der Waals surface area contributed by atoms with Crippen molar-refractivity contribution >= 4 is 66.2 Å². The number of nitrogens with zero attached hydrogens (tertiary/aromatic N) is 2. The van der Waals surface area contributed by atoms with E-state index < -0.39 is 39.7 Å². The van der Waals surface area contributed by atoms with E-state index in [-0.39, 0.29) is 11.5 Å². The second-order valence-corrected chi connectivity index (χ2v) is 12.5. The van der Waals surface area contributed by atoms with Crippen LogP contribution in [0.25, 0.3) is 10.2 Å². The summed E-state index contributed by atoms with van der Waals surface area (Å²) in [5, 5.41) is -0.849. The molecular formula is C22H31ClN2O5S3. The van der Waals surface area contributed by atoms with Gasteiger partial charge in [0, 0.05) is 5.75 Å². The van der Waals surface area contributed by atoms with Gasteiger partial charge in [-0.15, -0.1) is 11.3 Å². The molecule has 11 heteroatoms. The maximum atomic E-state index is 13.5. The first kappa shape index (κ1) is 28.0. The van der Waals surface area contributed by atoms with Crippen molar-refractivity contribution in [1.82, 2.24) is 9.29 Å². The van der Waals surface area contributed by atoms with Crippen molar-refractivity contribution in [3.05, 3.63) is 18.2 Å². The number of hydrogen-bond acceptors (Lipinski definition) is 8. The summed E-state index contributed by atoms with van der Waals surface area (Å²) in [6, 6.07) is 3.43. The summed E-state index contributed by atoms with van der Waals surface area (Å²) in [6.07, 6.45) is 4.69. The molecule has 0 aliphatic carbocycles. The lowest BCUT2D eigenvalue weighted by atomic mass is 10.1. The molecule has 0 N–H and O–H groups in total. The molecule has 0 radical (unpaired) electrons. The third kappa shape index (κ3) is 7.65. The number of thioether (sulfide) groups is 1. The molecule has 0 amide bonds. The van der Waals surface area contributed by atoms with Crippen molar-refractivity contribution in [2.75, 3.05) is 18.9 Å². The Hall–Kier alpha value is -1.20. The average Bonchev–Trinajstić information content (AvgIpc) is 3.14. The number of rotatable bonds is 14. The van der Waals surface area contributed by atoms with Crippen LogP contribution in [0.1, 0.15) is 53.4 Å². The van der Waals surface area contributed by atoms with Crippen molar-refractivity contribution in [3.8, 4) is 0 Å². The van der Waals surface area contributed by atoms with Gasteiger partial charge >= 0.3 is 5.97 Å². The Bertz CT molecular complexity index is 1060. The first-order valence-electron chi connectivity index (χ1n) is 11.0. The van der Waals surface area contributed by atoms with Crippen LogP contribution in [0, 0.1) is 5.92 Å². The number of fused-ring (bicyclic) bond motifs is 1. The van der Waals surface area contributed by atoms with Crippen LogP contribution in [0.4, 0.5) is 0 Å². The Morgan fingerprint density at radius 1 is 1.21 bits per heavy atom. The van der Waals surface area contributed by atoms with Crippen molar-refractivity contribution in [2.24, 2.45) is 5.92 Å². The lowest BCUT2D eigenvalue weighted by Gasteiger charge is -2.30. The van der Waals surface area contributed by atoms with Crippen molar-refractivity contribution in [2.45, 2.75) is 68.7 Å². The molecule has 0 aliphatic rings. The molecule has 184 valence electrons. The zero-order chi connectivity index (χ0) is 24.6. The van der Waals surface area contributed by atoms with Crippen LogP contribution >= 0.6 is 34.7 Å². The summed E-state index contributed by atoms with van der Waals surface area (Å²) in [5.74, 6) is -0.223. The number of carbonyl (C=O) groups excluding carboxylic acids is 2. The summed E-state index contributed by atoms with van der Waals surface area (Å²) in [6.45, 7) is 6.65. The normalized spacial score (nSPS) is 13.1. The number of hydrogen-bond donors (Lipinski definition) is 0. The quantitative estimate of drug-likeness (QED) is 0.140. The van der Waals surface area contributed by atoms with Gasteiger partial charge in [-0.25, -0.2) is 13.4 Å². The lowest BCUT2D eigenvalue weighted by molar-refractivity contribution is -0.143. The van der Waals surface area contributed by atoms with Gasteiger partial charge in [-0.1, -0.05) is 51.8 Å². The molecule has 0 aliphatic heterocycles. The van der Waals surface area contributed by atoms with Crippen LogP contribution in [0.3, 0.4) is 0 Å². The molecule has 1 aromatic heterocycles. The van der Waals surface area contributed by atoms with Crippen LogP contribution in [0.5, 0.6) is 0 Å². The number of sulfonamides is 1. The van der Waals surface area contributed by atoms with Crippen molar-refractivity contribution in [3.63, 3.8) is 0 Å². The van der Waals surface area contributed by atoms with Gasteiger partial charge in [-0.2, -0.15) is 4.31 Å². The van der Waals surface area contributed by atoms with Crippen LogP contribution in [-0.2, 0) is 24.3 Å². The Morgan fingerprint density at radius 3 is 2.55 bits per heavy atom. The summed E-state index contributed by atoms with van der Waals surface area (Å²) in [4.78, 5) is 28.9. The molecule has 0 fully saturated rings. The minimum atomic E-state index is -4.21. The van der Waals surface area contributed by atoms with E-state index >= 15 is 0 Å². The van der Waals surface area contributed by atoms with E-state index in [4.69, 9.17) is 16.3 Å². The predicted molar refractivity (Wildman–Crippen MR) is 134 cm³/mol. The third-order valence-electron chi connectivity index (χ3n) is 4.93. The fourth-order valence-electron chi connectivity index (χ4n) is 3.30. The fraction of sp³-hybridized carbons (Fsp3) is 0.591. The molecule has 0 saturated heterocycles. The molecule has 1 aromatic carbocycles. The Kier molecular flexibility index (Phi) is 11.1. The van der Waals surface area contributed by atoms with Crippen LogP contribution in [-0.4, -0.2) is 53.9 Å². The highest BCUT2D eigenvalue weighted by molar-refractivity contribution is 8.01. The predicted octanol–water partition coefficient (Wildman–Crippen LogP) is 5.31. The molecule has 0 saturated carbocycles. The number of aromatic nitrogens is 1. The number of ether oxygens (including phenoxy) is 1.